The number of alkyl halides is 12. The highest BCUT2D eigenvalue weighted by molar-refractivity contribution is 14.1. The van der Waals surface area contributed by atoms with Gasteiger partial charge in [-0.25, -0.2) is 0 Å². The summed E-state index contributed by atoms with van der Waals surface area (Å²) < 4.78 is 145. The van der Waals surface area contributed by atoms with Crippen molar-refractivity contribution >= 4 is 22.6 Å². The van der Waals surface area contributed by atoms with Crippen LogP contribution in [0.1, 0.15) is 51.9 Å². The highest BCUT2D eigenvalue weighted by atomic mass is 127. The molecule has 0 rings (SSSR count). The third-order valence-corrected chi connectivity index (χ3v) is 4.82. The molecule has 1 nitrogen and oxygen atoms in total. The Morgan fingerprint density at radius 2 is 1.17 bits per heavy atom. The van der Waals surface area contributed by atoms with Gasteiger partial charge in [-0.15, -0.1) is 0 Å². The third-order valence-electron chi connectivity index (χ3n) is 4.02. The molecular formula is C16H22F11IO. The fourth-order valence-corrected chi connectivity index (χ4v) is 3.07. The molecule has 0 aromatic carbocycles. The van der Waals surface area contributed by atoms with Gasteiger partial charge >= 0.3 is 29.9 Å². The van der Waals surface area contributed by atoms with Crippen LogP contribution in [-0.2, 0) is 4.74 Å². The lowest BCUT2D eigenvalue weighted by molar-refractivity contribution is -0.422. The van der Waals surface area contributed by atoms with Crippen LogP contribution in [0.25, 0.3) is 0 Å². The summed E-state index contributed by atoms with van der Waals surface area (Å²) in [6.07, 6.45) is -3.95. The SMILES string of the molecule is CCCCCCCCOCC(I)CC(F)(F)C(F)(F)C(F)(F)C(F)(F)C(F)(F)F. The van der Waals surface area contributed by atoms with Crippen LogP contribution in [0.5, 0.6) is 0 Å². The van der Waals surface area contributed by atoms with Crippen LogP contribution in [0.2, 0.25) is 0 Å². The van der Waals surface area contributed by atoms with E-state index in [1.54, 1.807) is 0 Å². The molecule has 0 fully saturated rings. The van der Waals surface area contributed by atoms with E-state index in [0.29, 0.717) is 6.42 Å². The van der Waals surface area contributed by atoms with Gasteiger partial charge in [0, 0.05) is 17.0 Å². The molecule has 0 aromatic heterocycles. The standard InChI is InChI=1S/C16H22F11IO/c1-2-3-4-5-6-7-8-29-10-11(28)9-12(17,18)13(19,20)14(21,22)15(23,24)16(25,26)27/h11H,2-10H2,1H3. The molecule has 0 aliphatic heterocycles. The molecule has 176 valence electrons. The molecule has 0 aliphatic rings. The Kier molecular flexibility index (Phi) is 11.0. The number of halogens is 12. The van der Waals surface area contributed by atoms with Gasteiger partial charge in [-0.1, -0.05) is 61.6 Å². The fourth-order valence-electron chi connectivity index (χ4n) is 2.27. The zero-order chi connectivity index (χ0) is 23.1. The quantitative estimate of drug-likeness (QED) is 0.0909. The number of hydrogen-bond acceptors (Lipinski definition) is 1. The van der Waals surface area contributed by atoms with Crippen molar-refractivity contribution in [1.29, 1.82) is 0 Å². The average Bonchev–Trinajstić information content (AvgIpc) is 2.55. The highest BCUT2D eigenvalue weighted by Crippen LogP contribution is 2.58. The Balaban J connectivity index is 4.81. The molecular weight excluding hydrogens is 544 g/mol. The minimum Gasteiger partial charge on any atom is -0.380 e. The van der Waals surface area contributed by atoms with Crippen LogP contribution in [0.15, 0.2) is 0 Å². The van der Waals surface area contributed by atoms with Crippen molar-refractivity contribution in [3.05, 3.63) is 0 Å². The van der Waals surface area contributed by atoms with E-state index in [1.165, 1.54) is 0 Å². The van der Waals surface area contributed by atoms with Crippen LogP contribution in [-0.4, -0.2) is 47.0 Å². The molecule has 0 radical (unpaired) electrons. The summed E-state index contributed by atoms with van der Waals surface area (Å²) >= 11 is 1.16. The summed E-state index contributed by atoms with van der Waals surface area (Å²) in [5, 5.41) is 0. The van der Waals surface area contributed by atoms with Gasteiger partial charge in [-0.2, -0.15) is 48.3 Å². The van der Waals surface area contributed by atoms with Crippen LogP contribution in [0.3, 0.4) is 0 Å². The summed E-state index contributed by atoms with van der Waals surface area (Å²) in [6, 6.07) is 0. The van der Waals surface area contributed by atoms with E-state index in [9.17, 15) is 48.3 Å². The smallest absolute Gasteiger partial charge is 0.380 e. The highest BCUT2D eigenvalue weighted by Gasteiger charge is 2.86. The molecule has 0 N–H and O–H groups in total. The van der Waals surface area contributed by atoms with E-state index in [0.717, 1.165) is 54.7 Å². The van der Waals surface area contributed by atoms with Gasteiger partial charge in [0.15, 0.2) is 0 Å². The maximum atomic E-state index is 13.6. The Labute approximate surface area is 174 Å². The number of hydrogen-bond donors (Lipinski definition) is 0. The van der Waals surface area contributed by atoms with Crippen LogP contribution >= 0.6 is 22.6 Å². The van der Waals surface area contributed by atoms with Gasteiger partial charge < -0.3 is 4.74 Å². The zero-order valence-corrected chi connectivity index (χ0v) is 17.5. The largest absolute Gasteiger partial charge is 0.460 e. The molecule has 0 bridgehead atoms. The molecule has 0 saturated heterocycles. The van der Waals surface area contributed by atoms with Gasteiger partial charge in [0.1, 0.15) is 0 Å². The Morgan fingerprint density at radius 3 is 1.66 bits per heavy atom. The number of rotatable bonds is 14. The summed E-state index contributed by atoms with van der Waals surface area (Å²) in [4.78, 5) is 0. The first-order chi connectivity index (χ1) is 13.0. The van der Waals surface area contributed by atoms with Gasteiger partial charge in [-0.3, -0.25) is 0 Å². The average molecular weight is 566 g/mol. The van der Waals surface area contributed by atoms with E-state index in [1.807, 2.05) is 6.92 Å². The molecule has 0 aromatic rings. The minimum atomic E-state index is -7.35. The Hall–Kier alpha value is -0.0800. The minimum absolute atomic E-state index is 0.0793. The number of unbranched alkanes of at least 4 members (excludes halogenated alkanes) is 5. The van der Waals surface area contributed by atoms with Crippen molar-refractivity contribution in [2.24, 2.45) is 0 Å². The van der Waals surface area contributed by atoms with Crippen molar-refractivity contribution in [2.75, 3.05) is 13.2 Å². The summed E-state index contributed by atoms with van der Waals surface area (Å²) in [5.74, 6) is -27.5. The van der Waals surface area contributed by atoms with E-state index in [4.69, 9.17) is 4.74 Å². The van der Waals surface area contributed by atoms with Crippen LogP contribution in [0.4, 0.5) is 48.3 Å². The second-order valence-corrected chi connectivity index (χ2v) is 8.33. The third kappa shape index (κ3) is 7.23. The van der Waals surface area contributed by atoms with E-state index >= 15 is 0 Å². The summed E-state index contributed by atoms with van der Waals surface area (Å²) in [6.45, 7) is 1.52. The van der Waals surface area contributed by atoms with E-state index < -0.39 is 46.8 Å². The van der Waals surface area contributed by atoms with Crippen molar-refractivity contribution in [3.8, 4) is 0 Å². The predicted molar refractivity (Wildman–Crippen MR) is 92.5 cm³/mol. The summed E-state index contributed by atoms with van der Waals surface area (Å²) in [5.41, 5.74) is 0. The molecule has 29 heavy (non-hydrogen) atoms. The van der Waals surface area contributed by atoms with E-state index in [2.05, 4.69) is 0 Å². The topological polar surface area (TPSA) is 9.23 Å². The van der Waals surface area contributed by atoms with Crippen molar-refractivity contribution < 1.29 is 53.0 Å². The van der Waals surface area contributed by atoms with Crippen molar-refractivity contribution in [3.63, 3.8) is 0 Å². The first kappa shape index (κ1) is 28.9. The molecule has 0 saturated carbocycles. The first-order valence-electron chi connectivity index (χ1n) is 8.75. The normalized spacial score (nSPS) is 15.6. The lowest BCUT2D eigenvalue weighted by Gasteiger charge is -2.37. The second kappa shape index (κ2) is 11.0. The van der Waals surface area contributed by atoms with Gasteiger partial charge in [0.2, 0.25) is 0 Å². The van der Waals surface area contributed by atoms with E-state index in [-0.39, 0.29) is 6.61 Å². The Morgan fingerprint density at radius 1 is 0.690 bits per heavy atom. The maximum absolute atomic E-state index is 13.6. The zero-order valence-electron chi connectivity index (χ0n) is 15.4. The summed E-state index contributed by atoms with van der Waals surface area (Å²) in [7, 11) is 0. The second-order valence-electron chi connectivity index (χ2n) is 6.57. The van der Waals surface area contributed by atoms with Crippen molar-refractivity contribution in [2.45, 2.75) is 85.7 Å². The van der Waals surface area contributed by atoms with Crippen molar-refractivity contribution in [1.82, 2.24) is 0 Å². The van der Waals surface area contributed by atoms with Crippen LogP contribution in [0, 0.1) is 0 Å². The molecule has 13 heteroatoms. The Bertz CT molecular complexity index is 480. The first-order valence-corrected chi connectivity index (χ1v) is 10.00. The van der Waals surface area contributed by atoms with Gasteiger partial charge in [0.25, 0.3) is 0 Å². The lowest BCUT2D eigenvalue weighted by atomic mass is 9.95. The monoisotopic (exact) mass is 566 g/mol. The lowest BCUT2D eigenvalue weighted by Crippen LogP contribution is -2.66. The van der Waals surface area contributed by atoms with Crippen LogP contribution < -0.4 is 0 Å². The van der Waals surface area contributed by atoms with Gasteiger partial charge in [0.05, 0.1) is 6.61 Å². The fraction of sp³-hybridized carbons (Fsp3) is 1.00. The molecule has 1 unspecified atom stereocenters. The molecule has 0 heterocycles. The van der Waals surface area contributed by atoms with Gasteiger partial charge in [-0.05, 0) is 6.42 Å². The maximum Gasteiger partial charge on any atom is 0.460 e. The molecule has 0 spiro atoms. The number of ether oxygens (including phenoxy) is 1. The molecule has 1 atom stereocenters. The predicted octanol–water partition coefficient (Wildman–Crippen LogP) is 7.66. The molecule has 0 amide bonds. The molecule has 0 aliphatic carbocycles.